The molecule has 0 amide bonds. The number of nitrogens with zero attached hydrogens (tertiary/aromatic N) is 1. The Morgan fingerprint density at radius 2 is 1.95 bits per heavy atom. The lowest BCUT2D eigenvalue weighted by molar-refractivity contribution is -0.0875. The smallest absolute Gasteiger partial charge is 0.156 e. The van der Waals surface area contributed by atoms with Gasteiger partial charge in [0, 0.05) is 5.41 Å². The van der Waals surface area contributed by atoms with Crippen LogP contribution >= 0.6 is 0 Å². The molecule has 22 heavy (non-hydrogen) atoms. The van der Waals surface area contributed by atoms with Gasteiger partial charge in [0.1, 0.15) is 0 Å². The largest absolute Gasteiger partial charge is 0.389 e. The molecule has 0 unspecified atom stereocenters. The van der Waals surface area contributed by atoms with Gasteiger partial charge in [0.05, 0.1) is 12.2 Å². The Labute approximate surface area is 133 Å². The van der Waals surface area contributed by atoms with Crippen LogP contribution in [-0.2, 0) is 0 Å². The van der Waals surface area contributed by atoms with E-state index in [0.29, 0.717) is 30.1 Å². The monoisotopic (exact) mass is 301 g/mol. The number of hydrogen-bond donors (Lipinski definition) is 2. The second-order valence-electron chi connectivity index (χ2n) is 8.43. The molecule has 7 atom stereocenters. The van der Waals surface area contributed by atoms with Crippen LogP contribution in [0.4, 0.5) is 0 Å². The lowest BCUT2D eigenvalue weighted by atomic mass is 9.50. The van der Waals surface area contributed by atoms with E-state index < -0.39 is 5.60 Å². The summed E-state index contributed by atoms with van der Waals surface area (Å²) in [7, 11) is 0. The molecule has 0 aromatic heterocycles. The Hall–Kier alpha value is -0.850. The minimum absolute atomic E-state index is 0.210. The predicted molar refractivity (Wildman–Crippen MR) is 83.7 cm³/mol. The SMILES string of the molecule is C[C@]12CC[C@H]3[C@@H](CCC4=C[C@@H](O)CC[C@@H]43)[C@@H]1CC[C@@]2(O)C#N. The number of hydrogen-bond acceptors (Lipinski definition) is 3. The first-order chi connectivity index (χ1) is 10.5. The zero-order valence-electron chi connectivity index (χ0n) is 13.5. The van der Waals surface area contributed by atoms with Crippen LogP contribution in [0.15, 0.2) is 11.6 Å². The number of fused-ring (bicyclic) bond motifs is 5. The summed E-state index contributed by atoms with van der Waals surface area (Å²) < 4.78 is 0. The van der Waals surface area contributed by atoms with E-state index in [4.69, 9.17) is 0 Å². The van der Waals surface area contributed by atoms with E-state index in [0.717, 1.165) is 38.5 Å². The summed E-state index contributed by atoms with van der Waals surface area (Å²) in [4.78, 5) is 0. The van der Waals surface area contributed by atoms with Gasteiger partial charge in [0.15, 0.2) is 5.60 Å². The first-order valence-corrected chi connectivity index (χ1v) is 9.01. The van der Waals surface area contributed by atoms with Crippen molar-refractivity contribution in [3.05, 3.63) is 11.6 Å². The van der Waals surface area contributed by atoms with Gasteiger partial charge in [-0.25, -0.2) is 0 Å². The van der Waals surface area contributed by atoms with Crippen molar-refractivity contribution in [3.8, 4) is 6.07 Å². The number of nitriles is 1. The van der Waals surface area contributed by atoms with Crippen molar-refractivity contribution >= 4 is 0 Å². The van der Waals surface area contributed by atoms with Gasteiger partial charge in [-0.05, 0) is 75.0 Å². The first-order valence-electron chi connectivity index (χ1n) is 9.01. The normalized spacial score (nSPS) is 53.7. The molecule has 0 heterocycles. The molecule has 0 aromatic rings. The topological polar surface area (TPSA) is 64.2 Å². The standard InChI is InChI=1S/C19H27NO2/c1-18-8-6-15-14-5-3-13(21)10-12(14)2-4-16(15)17(18)7-9-19(18,22)11-20/h10,13-17,21-22H,2-9H2,1H3/t13-,14-,15+,16+,17-,18-,19+/m0/s1. The summed E-state index contributed by atoms with van der Waals surface area (Å²) in [6.45, 7) is 2.17. The van der Waals surface area contributed by atoms with Crippen LogP contribution in [0, 0.1) is 40.4 Å². The van der Waals surface area contributed by atoms with Gasteiger partial charge in [-0.15, -0.1) is 0 Å². The third-order valence-corrected chi connectivity index (χ3v) is 7.77. The molecular weight excluding hydrogens is 274 g/mol. The first kappa shape index (κ1) is 14.7. The third kappa shape index (κ3) is 1.80. The molecule has 3 heteroatoms. The molecule has 3 saturated carbocycles. The van der Waals surface area contributed by atoms with Gasteiger partial charge >= 0.3 is 0 Å². The number of aliphatic hydroxyl groups is 2. The van der Waals surface area contributed by atoms with Crippen molar-refractivity contribution in [1.29, 1.82) is 5.26 Å². The molecule has 0 saturated heterocycles. The van der Waals surface area contributed by atoms with Crippen molar-refractivity contribution < 1.29 is 10.2 Å². The van der Waals surface area contributed by atoms with Crippen molar-refractivity contribution in [2.45, 2.75) is 70.0 Å². The van der Waals surface area contributed by atoms with Gasteiger partial charge in [0.25, 0.3) is 0 Å². The van der Waals surface area contributed by atoms with Crippen LogP contribution in [0.5, 0.6) is 0 Å². The van der Waals surface area contributed by atoms with Gasteiger partial charge < -0.3 is 10.2 Å². The summed E-state index contributed by atoms with van der Waals surface area (Å²) in [5, 5.41) is 30.2. The van der Waals surface area contributed by atoms with Crippen LogP contribution in [0.3, 0.4) is 0 Å². The molecule has 4 aliphatic rings. The molecule has 4 rings (SSSR count). The van der Waals surface area contributed by atoms with Crippen LogP contribution in [-0.4, -0.2) is 21.9 Å². The van der Waals surface area contributed by atoms with E-state index in [1.54, 1.807) is 0 Å². The molecule has 0 aliphatic heterocycles. The number of rotatable bonds is 0. The lowest BCUT2D eigenvalue weighted by Gasteiger charge is -2.54. The van der Waals surface area contributed by atoms with Crippen LogP contribution in [0.1, 0.15) is 58.3 Å². The quantitative estimate of drug-likeness (QED) is 0.533. The zero-order chi connectivity index (χ0) is 15.5. The van der Waals surface area contributed by atoms with Gasteiger partial charge in [-0.3, -0.25) is 0 Å². The Bertz CT molecular complexity index is 550. The fourth-order valence-electron chi connectivity index (χ4n) is 6.51. The molecule has 0 bridgehead atoms. The van der Waals surface area contributed by atoms with E-state index in [9.17, 15) is 15.5 Å². The van der Waals surface area contributed by atoms with Crippen molar-refractivity contribution in [1.82, 2.24) is 0 Å². The summed E-state index contributed by atoms with van der Waals surface area (Å²) in [5.41, 5.74) is 0.178. The highest BCUT2D eigenvalue weighted by molar-refractivity contribution is 5.24. The molecule has 120 valence electrons. The second kappa shape index (κ2) is 4.82. The summed E-state index contributed by atoms with van der Waals surface area (Å²) >= 11 is 0. The maximum atomic E-state index is 10.8. The fraction of sp³-hybridized carbons (Fsp3) is 0.842. The Morgan fingerprint density at radius 3 is 2.73 bits per heavy atom. The summed E-state index contributed by atoms with van der Waals surface area (Å²) in [6, 6.07) is 2.25. The molecule has 2 N–H and O–H groups in total. The molecular formula is C19H27NO2. The van der Waals surface area contributed by atoms with E-state index in [-0.39, 0.29) is 11.5 Å². The molecule has 4 aliphatic carbocycles. The molecule has 3 fully saturated rings. The average Bonchev–Trinajstić information content (AvgIpc) is 2.79. The van der Waals surface area contributed by atoms with Crippen LogP contribution in [0.2, 0.25) is 0 Å². The van der Waals surface area contributed by atoms with E-state index in [2.05, 4.69) is 19.1 Å². The Morgan fingerprint density at radius 1 is 1.14 bits per heavy atom. The lowest BCUT2D eigenvalue weighted by Crippen LogP contribution is -2.52. The third-order valence-electron chi connectivity index (χ3n) is 7.77. The maximum absolute atomic E-state index is 10.8. The Kier molecular flexibility index (Phi) is 3.23. The fourth-order valence-corrected chi connectivity index (χ4v) is 6.51. The van der Waals surface area contributed by atoms with Gasteiger partial charge in [-0.2, -0.15) is 5.26 Å². The Balaban J connectivity index is 1.64. The van der Waals surface area contributed by atoms with Crippen LogP contribution in [0.25, 0.3) is 0 Å². The van der Waals surface area contributed by atoms with E-state index in [1.807, 2.05) is 0 Å². The van der Waals surface area contributed by atoms with Crippen molar-refractivity contribution in [3.63, 3.8) is 0 Å². The van der Waals surface area contributed by atoms with Gasteiger partial charge in [0.2, 0.25) is 0 Å². The highest BCUT2D eigenvalue weighted by Crippen LogP contribution is 2.64. The minimum Gasteiger partial charge on any atom is -0.389 e. The van der Waals surface area contributed by atoms with E-state index in [1.165, 1.54) is 12.0 Å². The molecule has 3 nitrogen and oxygen atoms in total. The molecule has 0 radical (unpaired) electrons. The number of allylic oxidation sites excluding steroid dienone is 1. The summed E-state index contributed by atoms with van der Waals surface area (Å²) in [6.07, 6.45) is 10.00. The highest BCUT2D eigenvalue weighted by Gasteiger charge is 2.62. The number of aliphatic hydroxyl groups excluding tert-OH is 1. The predicted octanol–water partition coefficient (Wildman–Crippen LogP) is 3.17. The average molecular weight is 301 g/mol. The summed E-state index contributed by atoms with van der Waals surface area (Å²) in [5.74, 6) is 2.54. The van der Waals surface area contributed by atoms with Gasteiger partial charge in [-0.1, -0.05) is 18.6 Å². The molecule has 0 aromatic carbocycles. The van der Waals surface area contributed by atoms with E-state index >= 15 is 0 Å². The minimum atomic E-state index is -1.11. The van der Waals surface area contributed by atoms with Crippen LogP contribution < -0.4 is 0 Å². The highest BCUT2D eigenvalue weighted by atomic mass is 16.3. The molecule has 0 spiro atoms. The maximum Gasteiger partial charge on any atom is 0.156 e. The van der Waals surface area contributed by atoms with Crippen molar-refractivity contribution in [2.75, 3.05) is 0 Å². The van der Waals surface area contributed by atoms with Crippen molar-refractivity contribution in [2.24, 2.45) is 29.1 Å². The zero-order valence-corrected chi connectivity index (χ0v) is 13.5. The second-order valence-corrected chi connectivity index (χ2v) is 8.43.